The van der Waals surface area contributed by atoms with Crippen molar-refractivity contribution >= 4 is 35.1 Å². The number of benzene rings is 1. The number of nitrogen functional groups attached to an aromatic ring is 1. The monoisotopic (exact) mass is 518 g/mol. The fourth-order valence-electron chi connectivity index (χ4n) is 5.43. The average Bonchev–Trinajstić information content (AvgIpc) is 3.45. The Balaban J connectivity index is 0.000000303. The van der Waals surface area contributed by atoms with Crippen LogP contribution < -0.4 is 16.8 Å². The van der Waals surface area contributed by atoms with Crippen LogP contribution in [0, 0.1) is 17.7 Å². The number of aliphatic imine (C=N–C) groups is 1. The zero-order valence-electron chi connectivity index (χ0n) is 21.2. The molecule has 2 unspecified atom stereocenters. The van der Waals surface area contributed by atoms with Gasteiger partial charge >= 0.3 is 0 Å². The molecule has 0 aliphatic heterocycles. The molecule has 8 nitrogen and oxygen atoms in total. The Hall–Kier alpha value is -2.91. The highest BCUT2D eigenvalue weighted by Crippen LogP contribution is 2.54. The Kier molecular flexibility index (Phi) is 8.79. The Morgan fingerprint density at radius 3 is 2.50 bits per heavy atom. The molecule has 2 saturated carbocycles. The molecule has 6 N–H and O–H groups in total. The van der Waals surface area contributed by atoms with Gasteiger partial charge in [-0.15, -0.1) is 0 Å². The molecule has 2 fully saturated rings. The van der Waals surface area contributed by atoms with Gasteiger partial charge in [-0.05, 0) is 81.8 Å². The highest BCUT2D eigenvalue weighted by molar-refractivity contribution is 6.31. The summed E-state index contributed by atoms with van der Waals surface area (Å²) in [5.41, 5.74) is 13.4. The van der Waals surface area contributed by atoms with Crippen molar-refractivity contribution in [3.05, 3.63) is 52.6 Å². The largest absolute Gasteiger partial charge is 0.405 e. The summed E-state index contributed by atoms with van der Waals surface area (Å²) in [6.45, 7) is 3.98. The molecule has 1 aromatic carbocycles. The first-order valence-corrected chi connectivity index (χ1v) is 12.5. The van der Waals surface area contributed by atoms with Crippen molar-refractivity contribution in [2.75, 3.05) is 18.1 Å². The molecule has 2 aliphatic carbocycles. The normalized spacial score (nSPS) is 25.7. The van der Waals surface area contributed by atoms with E-state index in [0.29, 0.717) is 41.8 Å². The summed E-state index contributed by atoms with van der Waals surface area (Å²) in [6.07, 6.45) is 7.13. The van der Waals surface area contributed by atoms with Crippen LogP contribution in [0.5, 0.6) is 0 Å². The maximum absolute atomic E-state index is 12.5. The fraction of sp³-hybridized carbons (Fsp3) is 0.500. The van der Waals surface area contributed by atoms with Gasteiger partial charge in [0.15, 0.2) is 6.29 Å². The number of carbonyl (C=O) groups excluding carboxylic acids is 1. The van der Waals surface area contributed by atoms with Gasteiger partial charge in [0.25, 0.3) is 0 Å². The smallest absolute Gasteiger partial charge is 0.155 e. The van der Waals surface area contributed by atoms with Crippen LogP contribution in [0.4, 0.5) is 15.9 Å². The van der Waals surface area contributed by atoms with Crippen LogP contribution in [0.3, 0.4) is 0 Å². The van der Waals surface area contributed by atoms with E-state index in [4.69, 9.17) is 23.1 Å². The molecule has 0 radical (unpaired) electrons. The van der Waals surface area contributed by atoms with Gasteiger partial charge in [0.05, 0.1) is 22.0 Å². The van der Waals surface area contributed by atoms with Gasteiger partial charge in [-0.25, -0.2) is 4.39 Å². The van der Waals surface area contributed by atoms with E-state index in [9.17, 15) is 14.3 Å². The highest BCUT2D eigenvalue weighted by Gasteiger charge is 2.51. The standard InChI is InChI=1S/C19H29N5O2.C7H7ClFN/c1-11(2)22-16(4-5-20)19(26)8-13-6-12(7-14(13)9-19)17-15(10-25)18(21)24(3)23-17;1-10-5-2-3-7(9)6(8)4-5/h4-5,10-14,26H,6-9,20-21H2,1-3H3;2-4,10H,1H3/b5-4-,22-16?;. The quantitative estimate of drug-likeness (QED) is 0.333. The molecular formula is C26H36ClFN6O2. The van der Waals surface area contributed by atoms with Crippen LogP contribution in [0.25, 0.3) is 0 Å². The number of anilines is 2. The average molecular weight is 519 g/mol. The zero-order chi connectivity index (χ0) is 26.6. The molecule has 2 aliphatic rings. The maximum atomic E-state index is 12.5. The van der Waals surface area contributed by atoms with Crippen molar-refractivity contribution in [3.63, 3.8) is 0 Å². The lowest BCUT2D eigenvalue weighted by Crippen LogP contribution is -2.36. The number of halogens is 2. The predicted octanol–water partition coefficient (Wildman–Crippen LogP) is 4.29. The van der Waals surface area contributed by atoms with Crippen molar-refractivity contribution in [2.45, 2.75) is 57.1 Å². The number of hydrogen-bond donors (Lipinski definition) is 4. The number of aliphatic hydroxyl groups is 1. The van der Waals surface area contributed by atoms with Crippen molar-refractivity contribution < 1.29 is 14.3 Å². The Morgan fingerprint density at radius 2 is 2.00 bits per heavy atom. The van der Waals surface area contributed by atoms with E-state index in [-0.39, 0.29) is 22.8 Å². The molecule has 0 saturated heterocycles. The summed E-state index contributed by atoms with van der Waals surface area (Å²) >= 11 is 5.48. The number of aldehydes is 1. The summed E-state index contributed by atoms with van der Waals surface area (Å²) in [5.74, 6) is 1.02. The first-order chi connectivity index (χ1) is 17.0. The van der Waals surface area contributed by atoms with Crippen LogP contribution in [0.1, 0.15) is 61.5 Å². The molecule has 0 spiro atoms. The second-order valence-corrected chi connectivity index (χ2v) is 10.3. The van der Waals surface area contributed by atoms with Gasteiger partial charge in [0.2, 0.25) is 0 Å². The Bertz CT molecular complexity index is 1130. The van der Waals surface area contributed by atoms with Gasteiger partial charge < -0.3 is 21.9 Å². The maximum Gasteiger partial charge on any atom is 0.155 e. The number of aromatic nitrogens is 2. The third-order valence-electron chi connectivity index (χ3n) is 7.04. The number of fused-ring (bicyclic) bond motifs is 1. The minimum atomic E-state index is -0.920. The summed E-state index contributed by atoms with van der Waals surface area (Å²) in [7, 11) is 3.51. The molecule has 36 heavy (non-hydrogen) atoms. The molecule has 196 valence electrons. The van der Waals surface area contributed by atoms with E-state index in [0.717, 1.165) is 30.5 Å². The molecule has 1 heterocycles. The van der Waals surface area contributed by atoms with Gasteiger partial charge in [0, 0.05) is 31.7 Å². The third-order valence-corrected chi connectivity index (χ3v) is 7.33. The van der Waals surface area contributed by atoms with Crippen LogP contribution in [0.15, 0.2) is 35.5 Å². The Labute approximate surface area is 216 Å². The molecule has 0 amide bonds. The second kappa shape index (κ2) is 11.4. The van der Waals surface area contributed by atoms with Crippen LogP contribution >= 0.6 is 11.6 Å². The first-order valence-electron chi connectivity index (χ1n) is 12.1. The lowest BCUT2D eigenvalue weighted by Gasteiger charge is -2.25. The number of nitrogens with one attached hydrogen (secondary N) is 1. The zero-order valence-corrected chi connectivity index (χ0v) is 22.0. The van der Waals surface area contributed by atoms with E-state index in [2.05, 4.69) is 15.4 Å². The lowest BCUT2D eigenvalue weighted by atomic mass is 9.88. The number of rotatable bonds is 6. The third kappa shape index (κ3) is 5.90. The molecular weight excluding hydrogens is 483 g/mol. The van der Waals surface area contributed by atoms with E-state index >= 15 is 0 Å². The van der Waals surface area contributed by atoms with Crippen LogP contribution in [-0.2, 0) is 7.05 Å². The van der Waals surface area contributed by atoms with Crippen molar-refractivity contribution in [2.24, 2.45) is 29.6 Å². The SMILES string of the molecule is CC(C)N=C(/C=C\N)C1(O)CC2CC(c3nn(C)c(N)c3C=O)CC2C1.CNc1ccc(F)c(Cl)c1. The van der Waals surface area contributed by atoms with E-state index in [1.54, 1.807) is 30.9 Å². The number of hydrogen-bond acceptors (Lipinski definition) is 7. The van der Waals surface area contributed by atoms with Gasteiger partial charge in [0.1, 0.15) is 17.2 Å². The van der Waals surface area contributed by atoms with Gasteiger partial charge in [-0.1, -0.05) is 11.6 Å². The highest BCUT2D eigenvalue weighted by atomic mass is 35.5. The molecule has 2 aromatic rings. The molecule has 0 bridgehead atoms. The summed E-state index contributed by atoms with van der Waals surface area (Å²) < 4.78 is 14.0. The second-order valence-electron chi connectivity index (χ2n) is 9.90. The number of aryl methyl sites for hydroxylation is 1. The first kappa shape index (κ1) is 27.7. The number of nitrogens with zero attached hydrogens (tertiary/aromatic N) is 3. The van der Waals surface area contributed by atoms with Crippen molar-refractivity contribution in [1.82, 2.24) is 9.78 Å². The van der Waals surface area contributed by atoms with E-state index < -0.39 is 5.60 Å². The molecule has 4 rings (SSSR count). The number of carbonyl (C=O) groups is 1. The summed E-state index contributed by atoms with van der Waals surface area (Å²) in [6, 6.07) is 4.59. The van der Waals surface area contributed by atoms with Gasteiger partial charge in [-0.3, -0.25) is 14.5 Å². The predicted molar refractivity (Wildman–Crippen MR) is 143 cm³/mol. The van der Waals surface area contributed by atoms with Crippen molar-refractivity contribution in [1.29, 1.82) is 0 Å². The van der Waals surface area contributed by atoms with Crippen LogP contribution in [-0.4, -0.2) is 45.6 Å². The summed E-state index contributed by atoms with van der Waals surface area (Å²) in [5, 5.41) is 18.7. The Morgan fingerprint density at radius 1 is 1.36 bits per heavy atom. The topological polar surface area (TPSA) is 132 Å². The fourth-order valence-corrected chi connectivity index (χ4v) is 5.61. The summed E-state index contributed by atoms with van der Waals surface area (Å²) in [4.78, 5) is 16.0. The lowest BCUT2D eigenvalue weighted by molar-refractivity contribution is 0.109. The van der Waals surface area contributed by atoms with Gasteiger partial charge in [-0.2, -0.15) is 5.10 Å². The van der Waals surface area contributed by atoms with Crippen LogP contribution in [0.2, 0.25) is 5.02 Å². The minimum absolute atomic E-state index is 0.102. The number of nitrogens with two attached hydrogens (primary N) is 2. The molecule has 2 atom stereocenters. The minimum Gasteiger partial charge on any atom is -0.405 e. The van der Waals surface area contributed by atoms with Crippen molar-refractivity contribution in [3.8, 4) is 0 Å². The van der Waals surface area contributed by atoms with E-state index in [1.807, 2.05) is 13.8 Å². The van der Waals surface area contributed by atoms with E-state index in [1.165, 1.54) is 18.3 Å². The molecule has 1 aromatic heterocycles. The molecule has 10 heteroatoms.